The summed E-state index contributed by atoms with van der Waals surface area (Å²) in [6.45, 7) is 2.14. The second-order valence-electron chi connectivity index (χ2n) is 6.42. The average molecular weight is 355 g/mol. The van der Waals surface area contributed by atoms with Gasteiger partial charge in [0.25, 0.3) is 5.91 Å². The van der Waals surface area contributed by atoms with E-state index in [0.29, 0.717) is 17.1 Å². The Labute approximate surface area is 157 Å². The fraction of sp³-hybridized carbons (Fsp3) is 0.143. The van der Waals surface area contributed by atoms with E-state index < -0.39 is 5.91 Å². The van der Waals surface area contributed by atoms with Crippen molar-refractivity contribution in [3.8, 4) is 6.07 Å². The molecule has 0 spiro atoms. The summed E-state index contributed by atoms with van der Waals surface area (Å²) in [4.78, 5) is 23.3. The molecule has 1 amide bonds. The Kier molecular flexibility index (Phi) is 4.27. The van der Waals surface area contributed by atoms with Crippen molar-refractivity contribution >= 4 is 23.1 Å². The maximum absolute atomic E-state index is 12.4. The number of nitriles is 1. The van der Waals surface area contributed by atoms with Crippen LogP contribution in [0, 0.1) is 11.3 Å². The first-order chi connectivity index (χ1) is 13.2. The Morgan fingerprint density at radius 3 is 2.70 bits per heavy atom. The third-order valence-corrected chi connectivity index (χ3v) is 4.62. The topological polar surface area (TPSA) is 81.9 Å². The van der Waals surface area contributed by atoms with Crippen molar-refractivity contribution in [2.45, 2.75) is 19.4 Å². The number of hydrogen-bond donors (Lipinski definition) is 1. The minimum Gasteiger partial charge on any atom is -0.322 e. The predicted octanol–water partition coefficient (Wildman–Crippen LogP) is 3.68. The number of amides is 1. The fourth-order valence-electron chi connectivity index (χ4n) is 3.35. The van der Waals surface area contributed by atoms with E-state index in [1.165, 1.54) is 11.8 Å². The summed E-state index contributed by atoms with van der Waals surface area (Å²) in [5, 5.41) is 11.8. The molecule has 0 fully saturated rings. The molecule has 0 aliphatic carbocycles. The number of nitrogens with one attached hydrogen (secondary N) is 1. The molecule has 0 radical (unpaired) electrons. The molecule has 132 valence electrons. The first-order valence-electron chi connectivity index (χ1n) is 8.67. The van der Waals surface area contributed by atoms with Gasteiger partial charge >= 0.3 is 0 Å². The average Bonchev–Trinajstić information content (AvgIpc) is 3.04. The standard InChI is InChI=1S/C21H17N5O/c1-14-10-15-6-3-5-9-19(15)26(14)20-13-23-18(12-24-20)21(27)25-17-8-4-2-7-16(17)11-22/h2-9,12-14H,10H2,1H3,(H,25,27). The van der Waals surface area contributed by atoms with E-state index in [9.17, 15) is 4.79 Å². The van der Waals surface area contributed by atoms with Crippen LogP contribution in [-0.2, 0) is 6.42 Å². The van der Waals surface area contributed by atoms with Crippen molar-refractivity contribution in [3.63, 3.8) is 0 Å². The summed E-state index contributed by atoms with van der Waals surface area (Å²) in [5.74, 6) is 0.313. The Hall–Kier alpha value is -3.72. The van der Waals surface area contributed by atoms with Crippen LogP contribution in [0.15, 0.2) is 60.9 Å². The minimum atomic E-state index is -0.397. The smallest absolute Gasteiger partial charge is 0.275 e. The number of carbonyl (C=O) groups excluding carboxylic acids is 1. The highest BCUT2D eigenvalue weighted by Gasteiger charge is 2.28. The third kappa shape index (κ3) is 3.11. The van der Waals surface area contributed by atoms with E-state index in [2.05, 4.69) is 45.3 Å². The zero-order chi connectivity index (χ0) is 18.8. The largest absolute Gasteiger partial charge is 0.322 e. The van der Waals surface area contributed by atoms with Crippen molar-refractivity contribution in [2.24, 2.45) is 0 Å². The molecule has 6 nitrogen and oxygen atoms in total. The Morgan fingerprint density at radius 2 is 1.93 bits per heavy atom. The van der Waals surface area contributed by atoms with Crippen LogP contribution in [0.5, 0.6) is 0 Å². The molecule has 0 saturated carbocycles. The summed E-state index contributed by atoms with van der Waals surface area (Å²) < 4.78 is 0. The van der Waals surface area contributed by atoms with Crippen molar-refractivity contribution in [2.75, 3.05) is 10.2 Å². The molecular weight excluding hydrogens is 338 g/mol. The van der Waals surface area contributed by atoms with Gasteiger partial charge in [-0.25, -0.2) is 9.97 Å². The van der Waals surface area contributed by atoms with Crippen LogP contribution in [0.25, 0.3) is 0 Å². The number of fused-ring (bicyclic) bond motifs is 1. The molecule has 4 rings (SSSR count). The Balaban J connectivity index is 1.56. The lowest BCUT2D eigenvalue weighted by Crippen LogP contribution is -2.25. The van der Waals surface area contributed by atoms with Gasteiger partial charge < -0.3 is 10.2 Å². The van der Waals surface area contributed by atoms with Crippen LogP contribution < -0.4 is 10.2 Å². The highest BCUT2D eigenvalue weighted by Crippen LogP contribution is 2.36. The van der Waals surface area contributed by atoms with Gasteiger partial charge in [-0.2, -0.15) is 5.26 Å². The Bertz CT molecular complexity index is 1040. The summed E-state index contributed by atoms with van der Waals surface area (Å²) >= 11 is 0. The quantitative estimate of drug-likeness (QED) is 0.775. The van der Waals surface area contributed by atoms with E-state index in [4.69, 9.17) is 5.26 Å². The first-order valence-corrected chi connectivity index (χ1v) is 8.67. The van der Waals surface area contributed by atoms with Crippen LogP contribution in [0.1, 0.15) is 28.5 Å². The summed E-state index contributed by atoms with van der Waals surface area (Å²) in [7, 11) is 0. The molecule has 1 aliphatic heterocycles. The molecule has 1 N–H and O–H groups in total. The van der Waals surface area contributed by atoms with E-state index in [0.717, 1.165) is 12.1 Å². The SMILES string of the molecule is CC1Cc2ccccc2N1c1cnc(C(=O)Nc2ccccc2C#N)cn1. The molecule has 2 heterocycles. The van der Waals surface area contributed by atoms with Gasteiger partial charge in [0.2, 0.25) is 0 Å². The van der Waals surface area contributed by atoms with E-state index in [1.54, 1.807) is 30.5 Å². The van der Waals surface area contributed by atoms with Gasteiger partial charge in [0, 0.05) is 11.7 Å². The van der Waals surface area contributed by atoms with Crippen LogP contribution >= 0.6 is 0 Å². The molecule has 2 aromatic carbocycles. The molecule has 1 aromatic heterocycles. The number of aromatic nitrogens is 2. The highest BCUT2D eigenvalue weighted by atomic mass is 16.1. The molecule has 0 saturated heterocycles. The summed E-state index contributed by atoms with van der Waals surface area (Å²) in [6, 6.07) is 17.4. The van der Waals surface area contributed by atoms with E-state index in [1.807, 2.05) is 12.1 Å². The second-order valence-corrected chi connectivity index (χ2v) is 6.42. The Morgan fingerprint density at radius 1 is 1.15 bits per heavy atom. The number of hydrogen-bond acceptors (Lipinski definition) is 5. The molecule has 1 atom stereocenters. The first kappa shape index (κ1) is 16.7. The highest BCUT2D eigenvalue weighted by molar-refractivity contribution is 6.03. The number of para-hydroxylation sites is 2. The summed E-state index contributed by atoms with van der Waals surface area (Å²) in [5.41, 5.74) is 3.46. The van der Waals surface area contributed by atoms with E-state index >= 15 is 0 Å². The molecule has 1 aliphatic rings. The summed E-state index contributed by atoms with van der Waals surface area (Å²) in [6.07, 6.45) is 4.03. The van der Waals surface area contributed by atoms with Crippen molar-refractivity contribution in [1.29, 1.82) is 5.26 Å². The molecular formula is C21H17N5O. The number of anilines is 3. The van der Waals surface area contributed by atoms with Crippen molar-refractivity contribution < 1.29 is 4.79 Å². The number of rotatable bonds is 3. The lowest BCUT2D eigenvalue weighted by molar-refractivity contribution is 0.102. The van der Waals surface area contributed by atoms with Gasteiger partial charge in [-0.1, -0.05) is 30.3 Å². The predicted molar refractivity (Wildman–Crippen MR) is 103 cm³/mol. The number of carbonyl (C=O) groups is 1. The van der Waals surface area contributed by atoms with Gasteiger partial charge in [-0.05, 0) is 37.1 Å². The van der Waals surface area contributed by atoms with Crippen molar-refractivity contribution in [3.05, 3.63) is 77.7 Å². The van der Waals surface area contributed by atoms with Crippen molar-refractivity contribution in [1.82, 2.24) is 9.97 Å². The zero-order valence-electron chi connectivity index (χ0n) is 14.8. The van der Waals surface area contributed by atoms with Gasteiger partial charge in [-0.15, -0.1) is 0 Å². The maximum Gasteiger partial charge on any atom is 0.275 e. The third-order valence-electron chi connectivity index (χ3n) is 4.62. The van der Waals surface area contributed by atoms with Crippen LogP contribution in [0.2, 0.25) is 0 Å². The molecule has 6 heteroatoms. The van der Waals surface area contributed by atoms with Gasteiger partial charge in [-0.3, -0.25) is 4.79 Å². The molecule has 3 aromatic rings. The maximum atomic E-state index is 12.4. The number of nitrogens with zero attached hydrogens (tertiary/aromatic N) is 4. The normalized spacial score (nSPS) is 15.1. The monoisotopic (exact) mass is 355 g/mol. The molecule has 0 bridgehead atoms. The van der Waals surface area contributed by atoms with Crippen LogP contribution in [-0.4, -0.2) is 21.9 Å². The van der Waals surface area contributed by atoms with Crippen LogP contribution in [0.4, 0.5) is 17.2 Å². The fourth-order valence-corrected chi connectivity index (χ4v) is 3.35. The zero-order valence-corrected chi connectivity index (χ0v) is 14.8. The van der Waals surface area contributed by atoms with Gasteiger partial charge in [0.1, 0.15) is 11.8 Å². The van der Waals surface area contributed by atoms with Gasteiger partial charge in [0.15, 0.2) is 5.82 Å². The van der Waals surface area contributed by atoms with Crippen LogP contribution in [0.3, 0.4) is 0 Å². The van der Waals surface area contributed by atoms with Gasteiger partial charge in [0.05, 0.1) is 23.6 Å². The molecule has 1 unspecified atom stereocenters. The lowest BCUT2D eigenvalue weighted by atomic mass is 10.1. The second kappa shape index (κ2) is 6.89. The number of benzene rings is 2. The molecule has 27 heavy (non-hydrogen) atoms. The minimum absolute atomic E-state index is 0.201. The lowest BCUT2D eigenvalue weighted by Gasteiger charge is -2.23. The van der Waals surface area contributed by atoms with E-state index in [-0.39, 0.29) is 11.7 Å².